The lowest BCUT2D eigenvalue weighted by Crippen LogP contribution is -2.46. The summed E-state index contributed by atoms with van der Waals surface area (Å²) < 4.78 is 15.3. The second kappa shape index (κ2) is 9.54. The summed E-state index contributed by atoms with van der Waals surface area (Å²) in [7, 11) is 1.65. The van der Waals surface area contributed by atoms with Crippen molar-refractivity contribution in [3.8, 4) is 17.1 Å². The lowest BCUT2D eigenvalue weighted by atomic mass is 10.2. The summed E-state index contributed by atoms with van der Waals surface area (Å²) in [5.74, 6) is 2.93. The second-order valence-corrected chi connectivity index (χ2v) is 7.87. The van der Waals surface area contributed by atoms with Gasteiger partial charge in [0.2, 0.25) is 11.7 Å². The Hall–Kier alpha value is -2.82. The van der Waals surface area contributed by atoms with E-state index in [1.807, 2.05) is 46.5 Å². The molecule has 0 radical (unpaired) electrons. The summed E-state index contributed by atoms with van der Waals surface area (Å²) in [6, 6.07) is 7.63. The topological polar surface area (TPSA) is 77.4 Å². The van der Waals surface area contributed by atoms with Crippen LogP contribution in [-0.2, 0) is 19.8 Å². The lowest BCUT2D eigenvalue weighted by Gasteiger charge is -2.33. The average Bonchev–Trinajstić information content (AvgIpc) is 3.35. The zero-order chi connectivity index (χ0) is 21.8. The molecular weight excluding hydrogens is 414 g/mol. The van der Waals surface area contributed by atoms with Gasteiger partial charge in [-0.25, -0.2) is 4.68 Å². The zero-order valence-corrected chi connectivity index (χ0v) is 18.7. The fourth-order valence-corrected chi connectivity index (χ4v) is 3.93. The SMILES string of the molecule is C=CCn1c(C)nn(CN2CCN(Cc3nc(-c4ccc(OC)cc4)no3)CC2)c1=S. The quantitative estimate of drug-likeness (QED) is 0.390. The maximum absolute atomic E-state index is 5.56. The third-order valence-corrected chi connectivity index (χ3v) is 5.82. The van der Waals surface area contributed by atoms with E-state index in [4.69, 9.17) is 21.5 Å². The van der Waals surface area contributed by atoms with Gasteiger partial charge in [-0.3, -0.25) is 9.80 Å². The molecule has 0 unspecified atom stereocenters. The van der Waals surface area contributed by atoms with Crippen LogP contribution in [0, 0.1) is 11.7 Å². The van der Waals surface area contributed by atoms with E-state index in [0.29, 0.717) is 31.5 Å². The van der Waals surface area contributed by atoms with Crippen LogP contribution >= 0.6 is 12.2 Å². The third kappa shape index (κ3) is 4.92. The summed E-state index contributed by atoms with van der Waals surface area (Å²) in [5, 5.41) is 8.70. The van der Waals surface area contributed by atoms with E-state index >= 15 is 0 Å². The number of rotatable bonds is 8. The van der Waals surface area contributed by atoms with Crippen molar-refractivity contribution in [2.45, 2.75) is 26.7 Å². The summed E-state index contributed by atoms with van der Waals surface area (Å²) >= 11 is 5.56. The first-order chi connectivity index (χ1) is 15.1. The van der Waals surface area contributed by atoms with Crippen molar-refractivity contribution >= 4 is 12.2 Å². The van der Waals surface area contributed by atoms with Crippen LogP contribution in [0.2, 0.25) is 0 Å². The highest BCUT2D eigenvalue weighted by atomic mass is 32.1. The van der Waals surface area contributed by atoms with E-state index in [2.05, 4.69) is 31.6 Å². The molecule has 0 aliphatic carbocycles. The van der Waals surface area contributed by atoms with Crippen LogP contribution in [0.4, 0.5) is 0 Å². The molecular formula is C21H27N7O2S. The van der Waals surface area contributed by atoms with Gasteiger partial charge < -0.3 is 13.8 Å². The van der Waals surface area contributed by atoms with E-state index in [9.17, 15) is 0 Å². The van der Waals surface area contributed by atoms with Gasteiger partial charge in [0.15, 0.2) is 4.77 Å². The maximum atomic E-state index is 5.56. The standard InChI is InChI=1S/C21H27N7O2S/c1-4-9-27-16(2)23-28(21(27)31)15-26-12-10-25(11-13-26)14-19-22-20(24-30-19)17-5-7-18(29-3)8-6-17/h4-8H,1,9-15H2,2-3H3. The Labute approximate surface area is 186 Å². The first-order valence-electron chi connectivity index (χ1n) is 10.2. The Morgan fingerprint density at radius 2 is 1.87 bits per heavy atom. The fourth-order valence-electron chi connectivity index (χ4n) is 3.63. The Morgan fingerprint density at radius 1 is 1.16 bits per heavy atom. The molecule has 164 valence electrons. The molecule has 0 spiro atoms. The van der Waals surface area contributed by atoms with Crippen molar-refractivity contribution in [1.29, 1.82) is 0 Å². The zero-order valence-electron chi connectivity index (χ0n) is 17.9. The smallest absolute Gasteiger partial charge is 0.241 e. The largest absolute Gasteiger partial charge is 0.497 e. The minimum absolute atomic E-state index is 0.594. The number of ether oxygens (including phenoxy) is 1. The molecule has 1 aliphatic rings. The van der Waals surface area contributed by atoms with E-state index in [0.717, 1.165) is 48.1 Å². The van der Waals surface area contributed by atoms with E-state index < -0.39 is 0 Å². The van der Waals surface area contributed by atoms with E-state index in [1.165, 1.54) is 0 Å². The Balaban J connectivity index is 1.31. The number of aryl methyl sites for hydroxylation is 1. The maximum Gasteiger partial charge on any atom is 0.241 e. The molecule has 0 saturated carbocycles. The van der Waals surface area contributed by atoms with Crippen molar-refractivity contribution < 1.29 is 9.26 Å². The molecule has 4 rings (SSSR count). The third-order valence-electron chi connectivity index (χ3n) is 5.39. The van der Waals surface area contributed by atoms with Crippen LogP contribution in [0.3, 0.4) is 0 Å². The summed E-state index contributed by atoms with van der Waals surface area (Å²) in [5.41, 5.74) is 0.906. The van der Waals surface area contributed by atoms with Gasteiger partial charge in [-0.2, -0.15) is 10.1 Å². The Morgan fingerprint density at radius 3 is 2.55 bits per heavy atom. The normalized spacial score (nSPS) is 15.3. The number of allylic oxidation sites excluding steroid dienone is 1. The Bertz CT molecular complexity index is 1080. The molecule has 31 heavy (non-hydrogen) atoms. The molecule has 0 bridgehead atoms. The molecule has 1 fully saturated rings. The molecule has 0 atom stereocenters. The summed E-state index contributed by atoms with van der Waals surface area (Å²) in [6.07, 6.45) is 1.84. The molecule has 1 saturated heterocycles. The molecule has 1 aromatic carbocycles. The average molecular weight is 442 g/mol. The number of nitrogens with zero attached hydrogens (tertiary/aromatic N) is 7. The van der Waals surface area contributed by atoms with Crippen molar-refractivity contribution in [3.05, 3.63) is 53.4 Å². The van der Waals surface area contributed by atoms with Gasteiger partial charge in [0.1, 0.15) is 11.6 Å². The van der Waals surface area contributed by atoms with Gasteiger partial charge in [-0.05, 0) is 43.4 Å². The molecule has 0 amide bonds. The van der Waals surface area contributed by atoms with Gasteiger partial charge in [0.05, 0.1) is 20.3 Å². The number of benzene rings is 1. The number of methoxy groups -OCH3 is 1. The lowest BCUT2D eigenvalue weighted by molar-refractivity contribution is 0.0907. The molecule has 3 heterocycles. The number of aromatic nitrogens is 5. The molecule has 2 aromatic heterocycles. The van der Waals surface area contributed by atoms with Crippen molar-refractivity contribution in [3.63, 3.8) is 0 Å². The fraction of sp³-hybridized carbons (Fsp3) is 0.429. The molecule has 9 nitrogen and oxygen atoms in total. The second-order valence-electron chi connectivity index (χ2n) is 7.50. The van der Waals surface area contributed by atoms with Crippen LogP contribution in [-0.4, -0.2) is 67.6 Å². The van der Waals surface area contributed by atoms with Gasteiger partial charge in [-0.15, -0.1) is 6.58 Å². The summed E-state index contributed by atoms with van der Waals surface area (Å²) in [4.78, 5) is 9.22. The number of hydrogen-bond donors (Lipinski definition) is 0. The highest BCUT2D eigenvalue weighted by Crippen LogP contribution is 2.20. The van der Waals surface area contributed by atoms with E-state index in [1.54, 1.807) is 7.11 Å². The van der Waals surface area contributed by atoms with Crippen LogP contribution in [0.25, 0.3) is 11.4 Å². The van der Waals surface area contributed by atoms with Crippen LogP contribution in [0.1, 0.15) is 11.7 Å². The highest BCUT2D eigenvalue weighted by Gasteiger charge is 2.20. The molecule has 10 heteroatoms. The van der Waals surface area contributed by atoms with Crippen molar-refractivity contribution in [1.82, 2.24) is 34.3 Å². The van der Waals surface area contributed by atoms with Gasteiger partial charge in [0.25, 0.3) is 0 Å². The molecule has 0 N–H and O–H groups in total. The van der Waals surface area contributed by atoms with Crippen molar-refractivity contribution in [2.24, 2.45) is 0 Å². The van der Waals surface area contributed by atoms with E-state index in [-0.39, 0.29) is 0 Å². The monoisotopic (exact) mass is 441 g/mol. The van der Waals surface area contributed by atoms with Gasteiger partial charge in [0, 0.05) is 38.3 Å². The number of hydrogen-bond acceptors (Lipinski definition) is 8. The predicted molar refractivity (Wildman–Crippen MR) is 119 cm³/mol. The van der Waals surface area contributed by atoms with Crippen LogP contribution in [0.15, 0.2) is 41.4 Å². The summed E-state index contributed by atoms with van der Waals surface area (Å²) in [6.45, 7) is 11.5. The molecule has 1 aliphatic heterocycles. The number of piperazine rings is 1. The highest BCUT2D eigenvalue weighted by molar-refractivity contribution is 7.71. The minimum Gasteiger partial charge on any atom is -0.497 e. The minimum atomic E-state index is 0.594. The van der Waals surface area contributed by atoms with Gasteiger partial charge >= 0.3 is 0 Å². The predicted octanol–water partition coefficient (Wildman–Crippen LogP) is 2.74. The van der Waals surface area contributed by atoms with Crippen LogP contribution in [0.5, 0.6) is 5.75 Å². The first-order valence-corrected chi connectivity index (χ1v) is 10.6. The van der Waals surface area contributed by atoms with Crippen molar-refractivity contribution in [2.75, 3.05) is 33.3 Å². The Kier molecular flexibility index (Phi) is 6.59. The first kappa shape index (κ1) is 21.4. The van der Waals surface area contributed by atoms with Gasteiger partial charge in [-0.1, -0.05) is 11.2 Å². The van der Waals surface area contributed by atoms with Crippen LogP contribution < -0.4 is 4.74 Å². The molecule has 3 aromatic rings.